The summed E-state index contributed by atoms with van der Waals surface area (Å²) in [5, 5.41) is 3.16. The van der Waals surface area contributed by atoms with Crippen LogP contribution >= 0.6 is 22.6 Å². The smallest absolute Gasteiger partial charge is 0.313 e. The summed E-state index contributed by atoms with van der Waals surface area (Å²) < 4.78 is 39.3. The quantitative estimate of drug-likeness (QED) is 0.720. The van der Waals surface area contributed by atoms with Gasteiger partial charge in [-0.3, -0.25) is 0 Å². The average molecular weight is 405 g/mol. The number of hydrogen-bond donors (Lipinski definition) is 1. The lowest BCUT2D eigenvalue weighted by Gasteiger charge is -2.18. The minimum absolute atomic E-state index is 0.00881. The average Bonchev–Trinajstić information content (AvgIpc) is 2.45. The van der Waals surface area contributed by atoms with E-state index in [1.54, 1.807) is 6.07 Å². The SMILES string of the molecule is CNC(Cc1cccc(C(F)(F)F)c1)c1ccc(I)cc1. The maximum absolute atomic E-state index is 12.7. The molecule has 0 bridgehead atoms. The number of nitrogens with one attached hydrogen (secondary N) is 1. The zero-order valence-electron chi connectivity index (χ0n) is 11.4. The molecule has 0 aliphatic heterocycles. The molecule has 1 unspecified atom stereocenters. The first-order valence-electron chi connectivity index (χ1n) is 6.49. The molecule has 5 heteroatoms. The second-order valence-corrected chi connectivity index (χ2v) is 6.04. The monoisotopic (exact) mass is 405 g/mol. The molecule has 0 aliphatic carbocycles. The number of rotatable bonds is 4. The molecule has 0 saturated carbocycles. The van der Waals surface area contributed by atoms with E-state index in [2.05, 4.69) is 27.9 Å². The lowest BCUT2D eigenvalue weighted by atomic mass is 9.98. The number of alkyl halides is 3. The van der Waals surface area contributed by atoms with Crippen molar-refractivity contribution in [3.63, 3.8) is 0 Å². The van der Waals surface area contributed by atoms with Gasteiger partial charge < -0.3 is 5.32 Å². The Morgan fingerprint density at radius 2 is 1.76 bits per heavy atom. The van der Waals surface area contributed by atoms with Crippen molar-refractivity contribution in [3.8, 4) is 0 Å². The van der Waals surface area contributed by atoms with Gasteiger partial charge in [-0.05, 0) is 65.4 Å². The van der Waals surface area contributed by atoms with Crippen LogP contribution in [0.2, 0.25) is 0 Å². The predicted molar refractivity (Wildman–Crippen MR) is 86.1 cm³/mol. The summed E-state index contributed by atoms with van der Waals surface area (Å²) in [4.78, 5) is 0. The Bertz CT molecular complexity index is 593. The molecule has 2 aromatic rings. The molecule has 0 saturated heterocycles. The van der Waals surface area contributed by atoms with E-state index in [1.165, 1.54) is 12.1 Å². The van der Waals surface area contributed by atoms with Crippen molar-refractivity contribution in [2.75, 3.05) is 7.05 Å². The fourth-order valence-electron chi connectivity index (χ4n) is 2.19. The zero-order chi connectivity index (χ0) is 15.5. The number of likely N-dealkylation sites (N-methyl/N-ethyl adjacent to an activating group) is 1. The second kappa shape index (κ2) is 6.79. The molecule has 112 valence electrons. The predicted octanol–water partition coefficient (Wildman–Crippen LogP) is 4.81. The minimum atomic E-state index is -4.30. The number of benzene rings is 2. The van der Waals surface area contributed by atoms with Crippen LogP contribution < -0.4 is 5.32 Å². The molecule has 0 fully saturated rings. The summed E-state index contributed by atoms with van der Waals surface area (Å²) in [7, 11) is 1.82. The molecule has 0 aromatic heterocycles. The van der Waals surface area contributed by atoms with Crippen LogP contribution in [0.4, 0.5) is 13.2 Å². The summed E-state index contributed by atoms with van der Waals surface area (Å²) in [6.45, 7) is 0. The van der Waals surface area contributed by atoms with E-state index in [0.717, 1.165) is 15.2 Å². The fourth-order valence-corrected chi connectivity index (χ4v) is 2.55. The van der Waals surface area contributed by atoms with Crippen molar-refractivity contribution >= 4 is 22.6 Å². The van der Waals surface area contributed by atoms with E-state index < -0.39 is 11.7 Å². The largest absolute Gasteiger partial charge is 0.416 e. The van der Waals surface area contributed by atoms with Crippen LogP contribution in [0.25, 0.3) is 0 Å². The molecule has 1 atom stereocenters. The molecule has 0 amide bonds. The molecule has 2 aromatic carbocycles. The molecule has 2 rings (SSSR count). The first kappa shape index (κ1) is 16.3. The van der Waals surface area contributed by atoms with Crippen molar-refractivity contribution in [3.05, 3.63) is 68.8 Å². The second-order valence-electron chi connectivity index (χ2n) is 4.80. The van der Waals surface area contributed by atoms with Crippen molar-refractivity contribution in [1.82, 2.24) is 5.32 Å². The highest BCUT2D eigenvalue weighted by Gasteiger charge is 2.30. The van der Waals surface area contributed by atoms with E-state index >= 15 is 0 Å². The molecule has 0 spiro atoms. The van der Waals surface area contributed by atoms with E-state index in [0.29, 0.717) is 12.0 Å². The Hall–Kier alpha value is -1.08. The highest BCUT2D eigenvalue weighted by Crippen LogP contribution is 2.30. The van der Waals surface area contributed by atoms with Crippen LogP contribution in [0.15, 0.2) is 48.5 Å². The first-order chi connectivity index (χ1) is 9.90. The van der Waals surface area contributed by atoms with Gasteiger partial charge in [0.15, 0.2) is 0 Å². The van der Waals surface area contributed by atoms with E-state index in [4.69, 9.17) is 0 Å². The molecular weight excluding hydrogens is 390 g/mol. The molecule has 0 heterocycles. The van der Waals surface area contributed by atoms with Crippen molar-refractivity contribution in [2.45, 2.75) is 18.6 Å². The first-order valence-corrected chi connectivity index (χ1v) is 7.57. The summed E-state index contributed by atoms with van der Waals surface area (Å²) in [6, 6.07) is 13.5. The highest BCUT2D eigenvalue weighted by atomic mass is 127. The Balaban J connectivity index is 2.21. The fraction of sp³-hybridized carbons (Fsp3) is 0.250. The van der Waals surface area contributed by atoms with Gasteiger partial charge in [-0.1, -0.05) is 30.3 Å². The molecule has 0 radical (unpaired) electrons. The van der Waals surface area contributed by atoms with Gasteiger partial charge >= 0.3 is 6.18 Å². The molecule has 1 N–H and O–H groups in total. The standard InChI is InChI=1S/C16H15F3IN/c1-21-15(12-5-7-14(20)8-6-12)10-11-3-2-4-13(9-11)16(17,18)19/h2-9,15,21H,10H2,1H3. The van der Waals surface area contributed by atoms with Crippen molar-refractivity contribution < 1.29 is 13.2 Å². The molecule has 1 nitrogen and oxygen atoms in total. The van der Waals surface area contributed by atoms with Gasteiger partial charge in [0, 0.05) is 9.61 Å². The lowest BCUT2D eigenvalue weighted by molar-refractivity contribution is -0.137. The third-order valence-corrected chi connectivity index (χ3v) is 4.03. The Labute approximate surface area is 135 Å². The van der Waals surface area contributed by atoms with Gasteiger partial charge in [0.25, 0.3) is 0 Å². The van der Waals surface area contributed by atoms with Crippen LogP contribution in [0, 0.1) is 3.57 Å². The Kier molecular flexibility index (Phi) is 5.27. The Morgan fingerprint density at radius 1 is 1.10 bits per heavy atom. The third kappa shape index (κ3) is 4.44. The summed E-state index contributed by atoms with van der Waals surface area (Å²) in [5.41, 5.74) is 1.13. The summed E-state index contributed by atoms with van der Waals surface area (Å²) in [5.74, 6) is 0. The van der Waals surface area contributed by atoms with Crippen LogP contribution in [0.3, 0.4) is 0 Å². The van der Waals surface area contributed by atoms with Gasteiger partial charge in [0.2, 0.25) is 0 Å². The van der Waals surface area contributed by atoms with Crippen LogP contribution in [0.5, 0.6) is 0 Å². The maximum atomic E-state index is 12.7. The maximum Gasteiger partial charge on any atom is 0.416 e. The van der Waals surface area contributed by atoms with Crippen LogP contribution in [0.1, 0.15) is 22.7 Å². The van der Waals surface area contributed by atoms with Gasteiger partial charge in [-0.2, -0.15) is 13.2 Å². The van der Waals surface area contributed by atoms with Gasteiger partial charge in [0.1, 0.15) is 0 Å². The number of hydrogen-bond acceptors (Lipinski definition) is 1. The molecule has 0 aliphatic rings. The normalized spacial score (nSPS) is 13.2. The number of halogens is 4. The summed E-state index contributed by atoms with van der Waals surface area (Å²) >= 11 is 2.22. The zero-order valence-corrected chi connectivity index (χ0v) is 13.6. The van der Waals surface area contributed by atoms with E-state index in [9.17, 15) is 13.2 Å². The minimum Gasteiger partial charge on any atom is -0.313 e. The van der Waals surface area contributed by atoms with Gasteiger partial charge in [-0.25, -0.2) is 0 Å². The highest BCUT2D eigenvalue weighted by molar-refractivity contribution is 14.1. The van der Waals surface area contributed by atoms with Crippen molar-refractivity contribution in [2.24, 2.45) is 0 Å². The van der Waals surface area contributed by atoms with E-state index in [1.807, 2.05) is 31.3 Å². The van der Waals surface area contributed by atoms with E-state index in [-0.39, 0.29) is 6.04 Å². The topological polar surface area (TPSA) is 12.0 Å². The summed E-state index contributed by atoms with van der Waals surface area (Å²) in [6.07, 6.45) is -3.78. The van der Waals surface area contributed by atoms with Crippen LogP contribution in [-0.2, 0) is 12.6 Å². The Morgan fingerprint density at radius 3 is 2.33 bits per heavy atom. The lowest BCUT2D eigenvalue weighted by Crippen LogP contribution is -2.19. The van der Waals surface area contributed by atoms with Gasteiger partial charge in [-0.15, -0.1) is 0 Å². The third-order valence-electron chi connectivity index (χ3n) is 3.31. The van der Waals surface area contributed by atoms with Gasteiger partial charge in [0.05, 0.1) is 5.56 Å². The molecule has 21 heavy (non-hydrogen) atoms. The van der Waals surface area contributed by atoms with Crippen LogP contribution in [-0.4, -0.2) is 7.05 Å². The molecular formula is C16H15F3IN. The van der Waals surface area contributed by atoms with Crippen molar-refractivity contribution in [1.29, 1.82) is 0 Å².